The maximum absolute atomic E-state index is 10.7. The van der Waals surface area contributed by atoms with Gasteiger partial charge in [-0.3, -0.25) is 4.90 Å². The van der Waals surface area contributed by atoms with Gasteiger partial charge in [-0.25, -0.2) is 0 Å². The topological polar surface area (TPSA) is 44.1 Å². The summed E-state index contributed by atoms with van der Waals surface area (Å²) in [6.07, 6.45) is 3.49. The quantitative estimate of drug-likeness (QED) is 0.470. The molecule has 1 aliphatic rings. The number of carbonyl (C=O) groups excluding carboxylic acids is 1. The second-order valence-electron chi connectivity index (χ2n) is 3.01. The van der Waals surface area contributed by atoms with E-state index in [9.17, 15) is 4.79 Å². The fraction of sp³-hybridized carbons (Fsp3) is 0.200. The molecule has 1 aromatic rings. The third kappa shape index (κ3) is 1.07. The molecule has 0 bridgehead atoms. The van der Waals surface area contributed by atoms with Gasteiger partial charge in [0, 0.05) is 6.42 Å². The molecule has 0 aromatic heterocycles. The van der Waals surface area contributed by atoms with Crippen molar-refractivity contribution in [2.75, 3.05) is 4.90 Å². The van der Waals surface area contributed by atoms with Crippen LogP contribution in [0.25, 0.3) is 0 Å². The molecule has 1 aromatic carbocycles. The second-order valence-corrected chi connectivity index (χ2v) is 3.01. The van der Waals surface area contributed by atoms with Crippen LogP contribution in [-0.2, 0) is 11.2 Å². The zero-order chi connectivity index (χ0) is 9.26. The molecule has 13 heavy (non-hydrogen) atoms. The molecular weight excluding hydrogens is 164 g/mol. The molecular formula is C10H8N2O. The first kappa shape index (κ1) is 7.81. The molecule has 2 rings (SSSR count). The van der Waals surface area contributed by atoms with Crippen molar-refractivity contribution in [2.45, 2.75) is 12.5 Å². The van der Waals surface area contributed by atoms with Crippen molar-refractivity contribution >= 4 is 12.0 Å². The van der Waals surface area contributed by atoms with E-state index in [2.05, 4.69) is 0 Å². The van der Waals surface area contributed by atoms with Crippen molar-refractivity contribution < 1.29 is 4.79 Å². The molecule has 3 nitrogen and oxygen atoms in total. The molecule has 0 aliphatic carbocycles. The first-order valence-corrected chi connectivity index (χ1v) is 4.09. The smallest absolute Gasteiger partial charge is 0.184 e. The van der Waals surface area contributed by atoms with Crippen LogP contribution in [0.5, 0.6) is 0 Å². The highest BCUT2D eigenvalue weighted by atomic mass is 16.1. The Balaban J connectivity index is 2.47. The summed E-state index contributed by atoms with van der Waals surface area (Å²) >= 11 is 0. The van der Waals surface area contributed by atoms with Gasteiger partial charge in [0.05, 0.1) is 5.69 Å². The van der Waals surface area contributed by atoms with E-state index in [1.165, 1.54) is 4.90 Å². The Labute approximate surface area is 76.2 Å². The minimum atomic E-state index is -0.303. The summed E-state index contributed by atoms with van der Waals surface area (Å²) in [5.74, 6) is 0. The number of carbonyl (C=O) groups is 1. The lowest BCUT2D eigenvalue weighted by Gasteiger charge is -2.12. The first-order valence-electron chi connectivity index (χ1n) is 4.09. The fourth-order valence-electron chi connectivity index (χ4n) is 1.65. The molecule has 1 aliphatic heterocycles. The van der Waals surface area contributed by atoms with Crippen LogP contribution in [0.1, 0.15) is 5.56 Å². The van der Waals surface area contributed by atoms with Crippen LogP contribution >= 0.6 is 0 Å². The maximum atomic E-state index is 10.7. The van der Waals surface area contributed by atoms with Crippen LogP contribution in [0.3, 0.4) is 0 Å². The number of fused-ring (bicyclic) bond motifs is 1. The van der Waals surface area contributed by atoms with Crippen molar-refractivity contribution in [2.24, 2.45) is 0 Å². The zero-order valence-corrected chi connectivity index (χ0v) is 6.97. The van der Waals surface area contributed by atoms with Crippen LogP contribution in [0.2, 0.25) is 0 Å². The van der Waals surface area contributed by atoms with Crippen molar-refractivity contribution in [3.05, 3.63) is 29.8 Å². The third-order valence-corrected chi connectivity index (χ3v) is 2.28. The highest BCUT2D eigenvalue weighted by Gasteiger charge is 2.28. The van der Waals surface area contributed by atoms with Gasteiger partial charge in [0.2, 0.25) is 0 Å². The van der Waals surface area contributed by atoms with Crippen LogP contribution in [-0.4, -0.2) is 12.3 Å². The third-order valence-electron chi connectivity index (χ3n) is 2.28. The monoisotopic (exact) mass is 172 g/mol. The number of para-hydroxylation sites is 1. The van der Waals surface area contributed by atoms with Gasteiger partial charge in [0.1, 0.15) is 12.3 Å². The Morgan fingerprint density at radius 1 is 1.54 bits per heavy atom. The number of nitriles is 1. The second kappa shape index (κ2) is 2.91. The molecule has 0 saturated heterocycles. The van der Waals surface area contributed by atoms with Gasteiger partial charge in [-0.2, -0.15) is 5.26 Å². The van der Waals surface area contributed by atoms with Crippen LogP contribution in [0, 0.1) is 11.5 Å². The van der Waals surface area contributed by atoms with E-state index >= 15 is 0 Å². The fourth-order valence-corrected chi connectivity index (χ4v) is 1.65. The van der Waals surface area contributed by atoms with E-state index in [0.717, 1.165) is 17.5 Å². The Bertz CT molecular complexity index is 381. The van der Waals surface area contributed by atoms with Gasteiger partial charge in [0.25, 0.3) is 0 Å². The van der Waals surface area contributed by atoms with Crippen LogP contribution in [0.15, 0.2) is 24.3 Å². The minimum Gasteiger partial charge on any atom is -0.301 e. The average molecular weight is 172 g/mol. The molecule has 64 valence electrons. The Morgan fingerprint density at radius 3 is 3.00 bits per heavy atom. The van der Waals surface area contributed by atoms with Crippen molar-refractivity contribution in [3.63, 3.8) is 0 Å². The lowest BCUT2D eigenvalue weighted by Crippen LogP contribution is -2.28. The molecule has 0 saturated carbocycles. The molecule has 0 spiro atoms. The molecule has 1 atom stereocenters. The summed E-state index contributed by atoms with van der Waals surface area (Å²) in [6, 6.07) is 7.30. The highest BCUT2D eigenvalue weighted by Crippen LogP contribution is 2.30. The minimum absolute atomic E-state index is 0.303. The molecule has 0 amide bonds. The number of aldehydes is 1. The Morgan fingerprint density at radius 2 is 2.31 bits per heavy atom. The van der Waals surface area contributed by atoms with E-state index in [0.29, 0.717) is 6.42 Å². The number of hydrogen-bond acceptors (Lipinski definition) is 3. The zero-order valence-electron chi connectivity index (χ0n) is 6.97. The molecule has 0 radical (unpaired) electrons. The highest BCUT2D eigenvalue weighted by molar-refractivity contribution is 5.75. The lowest BCUT2D eigenvalue weighted by molar-refractivity contribution is -0.108. The van der Waals surface area contributed by atoms with Crippen LogP contribution in [0.4, 0.5) is 5.69 Å². The summed E-state index contributed by atoms with van der Waals surface area (Å²) < 4.78 is 0. The largest absolute Gasteiger partial charge is 0.301 e. The maximum Gasteiger partial charge on any atom is 0.184 e. The lowest BCUT2D eigenvalue weighted by atomic mass is 10.1. The van der Waals surface area contributed by atoms with Gasteiger partial charge in [-0.1, -0.05) is 18.2 Å². The van der Waals surface area contributed by atoms with Gasteiger partial charge in [-0.05, 0) is 11.6 Å². The number of nitrogens with zero attached hydrogens (tertiary/aromatic N) is 2. The van der Waals surface area contributed by atoms with E-state index in [-0.39, 0.29) is 6.04 Å². The van der Waals surface area contributed by atoms with E-state index in [4.69, 9.17) is 5.26 Å². The number of benzene rings is 1. The summed E-state index contributed by atoms with van der Waals surface area (Å²) in [4.78, 5) is 12.1. The standard InChI is InChI=1S/C10H8N2O/c11-7-12-9(6-13)5-8-3-1-2-4-10(8)12/h1-4,6,9H,5H2. The van der Waals surface area contributed by atoms with Gasteiger partial charge in [0.15, 0.2) is 6.19 Å². The average Bonchev–Trinajstić information content (AvgIpc) is 2.55. The van der Waals surface area contributed by atoms with Gasteiger partial charge < -0.3 is 4.79 Å². The predicted octanol–water partition coefficient (Wildman–Crippen LogP) is 1.10. The van der Waals surface area contributed by atoms with E-state index in [1.807, 2.05) is 30.5 Å². The molecule has 1 unspecified atom stereocenters. The molecule has 1 heterocycles. The SMILES string of the molecule is N#CN1c2ccccc2CC1C=O. The number of anilines is 1. The Hall–Kier alpha value is -1.82. The van der Waals surface area contributed by atoms with Crippen LogP contribution < -0.4 is 4.90 Å². The van der Waals surface area contributed by atoms with Crippen molar-refractivity contribution in [1.82, 2.24) is 0 Å². The summed E-state index contributed by atoms with van der Waals surface area (Å²) in [6.45, 7) is 0. The molecule has 0 fully saturated rings. The van der Waals surface area contributed by atoms with Crippen molar-refractivity contribution in [1.29, 1.82) is 5.26 Å². The summed E-state index contributed by atoms with van der Waals surface area (Å²) in [7, 11) is 0. The summed E-state index contributed by atoms with van der Waals surface area (Å²) in [5, 5.41) is 8.83. The number of rotatable bonds is 1. The van der Waals surface area contributed by atoms with E-state index in [1.54, 1.807) is 0 Å². The normalized spacial score (nSPS) is 19.3. The predicted molar refractivity (Wildman–Crippen MR) is 48.1 cm³/mol. The first-order chi connectivity index (χ1) is 6.36. The number of hydrogen-bond donors (Lipinski definition) is 0. The van der Waals surface area contributed by atoms with Gasteiger partial charge >= 0.3 is 0 Å². The Kier molecular flexibility index (Phi) is 1.75. The summed E-state index contributed by atoms with van der Waals surface area (Å²) in [5.41, 5.74) is 1.93. The van der Waals surface area contributed by atoms with Gasteiger partial charge in [-0.15, -0.1) is 0 Å². The van der Waals surface area contributed by atoms with Crippen molar-refractivity contribution in [3.8, 4) is 6.19 Å². The molecule has 3 heteroatoms. The molecule has 0 N–H and O–H groups in total. The van der Waals surface area contributed by atoms with E-state index < -0.39 is 0 Å².